The summed E-state index contributed by atoms with van der Waals surface area (Å²) < 4.78 is 10.8. The Hall–Kier alpha value is -1.50. The quantitative estimate of drug-likeness (QED) is 0.804. The Bertz CT molecular complexity index is 758. The van der Waals surface area contributed by atoms with Gasteiger partial charge in [-0.15, -0.1) is 11.3 Å². The van der Waals surface area contributed by atoms with Crippen LogP contribution in [0.5, 0.6) is 5.75 Å². The molecule has 0 fully saturated rings. The summed E-state index contributed by atoms with van der Waals surface area (Å²) in [5.74, 6) is -0.538. The van der Waals surface area contributed by atoms with E-state index in [2.05, 4.69) is 5.32 Å². The van der Waals surface area contributed by atoms with Crippen molar-refractivity contribution in [3.05, 3.63) is 27.1 Å². The Kier molecular flexibility index (Phi) is 5.73. The van der Waals surface area contributed by atoms with Crippen LogP contribution in [0.3, 0.4) is 0 Å². The van der Waals surface area contributed by atoms with Gasteiger partial charge in [0.1, 0.15) is 15.6 Å². The van der Waals surface area contributed by atoms with Gasteiger partial charge >= 0.3 is 5.97 Å². The van der Waals surface area contributed by atoms with Crippen molar-refractivity contribution in [2.45, 2.75) is 19.9 Å². The maximum absolute atomic E-state index is 12.1. The number of hydrogen-bond donors (Lipinski definition) is 1. The number of ether oxygens (including phenoxy) is 2. The second-order valence-electron chi connectivity index (χ2n) is 5.00. The van der Waals surface area contributed by atoms with E-state index in [0.717, 1.165) is 11.3 Å². The largest absolute Gasteiger partial charge is 0.495 e. The first kappa shape index (κ1) is 17.8. The third-order valence-corrected chi connectivity index (χ3v) is 5.09. The van der Waals surface area contributed by atoms with E-state index in [9.17, 15) is 9.59 Å². The molecule has 0 aliphatic rings. The summed E-state index contributed by atoms with van der Waals surface area (Å²) in [6.45, 7) is 3.27. The summed E-state index contributed by atoms with van der Waals surface area (Å²) in [5.41, 5.74) is 0. The molecule has 0 unspecified atom stereocenters. The van der Waals surface area contributed by atoms with Crippen molar-refractivity contribution in [3.63, 3.8) is 0 Å². The molecule has 0 aliphatic heterocycles. The zero-order chi connectivity index (χ0) is 17.1. The summed E-state index contributed by atoms with van der Waals surface area (Å²) in [6, 6.07) is 3.37. The van der Waals surface area contributed by atoms with Crippen LogP contribution in [0.4, 0.5) is 0 Å². The van der Waals surface area contributed by atoms with Crippen LogP contribution >= 0.6 is 34.5 Å². The third kappa shape index (κ3) is 3.88. The number of esters is 1. The van der Waals surface area contributed by atoms with Crippen molar-refractivity contribution >= 4 is 56.5 Å². The number of rotatable bonds is 5. The van der Waals surface area contributed by atoms with Crippen molar-refractivity contribution in [1.29, 1.82) is 0 Å². The van der Waals surface area contributed by atoms with Crippen LogP contribution in [0.2, 0.25) is 10.0 Å². The molecule has 1 amide bonds. The lowest BCUT2D eigenvalue weighted by atomic mass is 10.2. The monoisotopic (exact) mass is 375 g/mol. The lowest BCUT2D eigenvalue weighted by Gasteiger charge is -2.08. The third-order valence-electron chi connectivity index (χ3n) is 2.89. The van der Waals surface area contributed by atoms with E-state index in [1.165, 1.54) is 7.11 Å². The number of carbonyl (C=O) groups is 2. The van der Waals surface area contributed by atoms with E-state index in [4.69, 9.17) is 32.7 Å². The lowest BCUT2D eigenvalue weighted by molar-refractivity contribution is -0.124. The van der Waals surface area contributed by atoms with Crippen molar-refractivity contribution < 1.29 is 19.1 Å². The number of thiophene rings is 1. The highest BCUT2D eigenvalue weighted by atomic mass is 35.5. The van der Waals surface area contributed by atoms with Gasteiger partial charge in [-0.3, -0.25) is 4.79 Å². The average molecular weight is 376 g/mol. The fourth-order valence-corrected chi connectivity index (χ4v) is 3.71. The van der Waals surface area contributed by atoms with E-state index in [1.54, 1.807) is 12.1 Å². The van der Waals surface area contributed by atoms with Gasteiger partial charge in [0, 0.05) is 11.4 Å². The summed E-state index contributed by atoms with van der Waals surface area (Å²) in [5, 5.41) is 3.91. The zero-order valence-electron chi connectivity index (χ0n) is 12.7. The summed E-state index contributed by atoms with van der Waals surface area (Å²) >= 11 is 13.6. The molecular weight excluding hydrogens is 361 g/mol. The van der Waals surface area contributed by atoms with Gasteiger partial charge in [0.15, 0.2) is 6.61 Å². The summed E-state index contributed by atoms with van der Waals surface area (Å²) in [6.07, 6.45) is 0. The van der Waals surface area contributed by atoms with Crippen molar-refractivity contribution in [2.24, 2.45) is 0 Å². The molecule has 8 heteroatoms. The highest BCUT2D eigenvalue weighted by Crippen LogP contribution is 2.43. The number of amides is 1. The molecule has 23 heavy (non-hydrogen) atoms. The van der Waals surface area contributed by atoms with Crippen LogP contribution in [0.15, 0.2) is 12.1 Å². The van der Waals surface area contributed by atoms with E-state index >= 15 is 0 Å². The molecule has 0 bridgehead atoms. The Morgan fingerprint density at radius 1 is 1.26 bits per heavy atom. The number of nitrogens with one attached hydrogen (secondary N) is 1. The SMILES string of the molecule is COc1ccc2c(Cl)c(C(=O)OCC(=O)NC(C)C)sc2c1Cl. The zero-order valence-corrected chi connectivity index (χ0v) is 15.1. The molecule has 2 rings (SSSR count). The van der Waals surface area contributed by atoms with Crippen molar-refractivity contribution in [3.8, 4) is 5.75 Å². The Labute approximate surface area is 147 Å². The Morgan fingerprint density at radius 2 is 1.96 bits per heavy atom. The van der Waals surface area contributed by atoms with E-state index in [-0.39, 0.29) is 28.5 Å². The van der Waals surface area contributed by atoms with Crippen LogP contribution in [-0.2, 0) is 9.53 Å². The predicted octanol–water partition coefficient (Wildman–Crippen LogP) is 3.90. The van der Waals surface area contributed by atoms with Crippen LogP contribution in [0.25, 0.3) is 10.1 Å². The average Bonchev–Trinajstić information content (AvgIpc) is 2.83. The van der Waals surface area contributed by atoms with Gasteiger partial charge < -0.3 is 14.8 Å². The Balaban J connectivity index is 2.23. The van der Waals surface area contributed by atoms with Gasteiger partial charge in [-0.05, 0) is 26.0 Å². The van der Waals surface area contributed by atoms with Gasteiger partial charge in [0.25, 0.3) is 5.91 Å². The van der Waals surface area contributed by atoms with E-state index in [0.29, 0.717) is 20.9 Å². The number of carbonyl (C=O) groups excluding carboxylic acids is 2. The molecule has 124 valence electrons. The molecule has 1 N–H and O–H groups in total. The topological polar surface area (TPSA) is 64.6 Å². The minimum absolute atomic E-state index is 0.0274. The summed E-state index contributed by atoms with van der Waals surface area (Å²) in [4.78, 5) is 23.9. The number of benzene rings is 1. The second-order valence-corrected chi connectivity index (χ2v) is 6.78. The van der Waals surface area contributed by atoms with Crippen molar-refractivity contribution in [1.82, 2.24) is 5.32 Å². The molecule has 0 spiro atoms. The normalized spacial score (nSPS) is 10.9. The van der Waals surface area contributed by atoms with Gasteiger partial charge in [0.2, 0.25) is 0 Å². The minimum atomic E-state index is -0.662. The van der Waals surface area contributed by atoms with Gasteiger partial charge in [-0.2, -0.15) is 0 Å². The lowest BCUT2D eigenvalue weighted by Crippen LogP contribution is -2.33. The molecule has 1 aromatic heterocycles. The Morgan fingerprint density at radius 3 is 2.57 bits per heavy atom. The van der Waals surface area contributed by atoms with Gasteiger partial charge in [0.05, 0.1) is 16.8 Å². The van der Waals surface area contributed by atoms with Crippen LogP contribution in [0.1, 0.15) is 23.5 Å². The first-order chi connectivity index (χ1) is 10.8. The number of fused-ring (bicyclic) bond motifs is 1. The first-order valence-electron chi connectivity index (χ1n) is 6.76. The minimum Gasteiger partial charge on any atom is -0.495 e. The highest BCUT2D eigenvalue weighted by molar-refractivity contribution is 7.22. The molecule has 0 atom stereocenters. The maximum Gasteiger partial charge on any atom is 0.350 e. The van der Waals surface area contributed by atoms with Crippen LogP contribution in [-0.4, -0.2) is 31.6 Å². The molecule has 1 aromatic carbocycles. The first-order valence-corrected chi connectivity index (χ1v) is 8.33. The number of hydrogen-bond acceptors (Lipinski definition) is 5. The van der Waals surface area contributed by atoms with Crippen molar-refractivity contribution in [2.75, 3.05) is 13.7 Å². The molecule has 5 nitrogen and oxygen atoms in total. The number of methoxy groups -OCH3 is 1. The highest BCUT2D eigenvalue weighted by Gasteiger charge is 2.22. The fourth-order valence-electron chi connectivity index (χ4n) is 1.93. The summed E-state index contributed by atoms with van der Waals surface area (Å²) in [7, 11) is 1.50. The smallest absolute Gasteiger partial charge is 0.350 e. The standard InChI is InChI=1S/C15H15Cl2NO4S/c1-7(2)18-10(19)6-22-15(20)14-11(16)8-4-5-9(21-3)12(17)13(8)23-14/h4-5,7H,6H2,1-3H3,(H,18,19). The molecule has 0 saturated carbocycles. The molecule has 0 saturated heterocycles. The number of halogens is 2. The molecule has 1 heterocycles. The molecular formula is C15H15Cl2NO4S. The molecule has 0 aliphatic carbocycles. The van der Waals surface area contributed by atoms with E-state index in [1.807, 2.05) is 13.8 Å². The van der Waals surface area contributed by atoms with E-state index < -0.39 is 5.97 Å². The second kappa shape index (κ2) is 7.38. The van der Waals surface area contributed by atoms with Gasteiger partial charge in [-0.1, -0.05) is 23.2 Å². The maximum atomic E-state index is 12.1. The fraction of sp³-hybridized carbons (Fsp3) is 0.333. The van der Waals surface area contributed by atoms with Crippen LogP contribution in [0, 0.1) is 0 Å². The van der Waals surface area contributed by atoms with Gasteiger partial charge in [-0.25, -0.2) is 4.79 Å². The molecule has 0 radical (unpaired) electrons. The van der Waals surface area contributed by atoms with Crippen LogP contribution < -0.4 is 10.1 Å². The molecule has 2 aromatic rings. The predicted molar refractivity (Wildman–Crippen MR) is 92.0 cm³/mol.